The van der Waals surface area contributed by atoms with Gasteiger partial charge in [-0.15, -0.1) is 0 Å². The van der Waals surface area contributed by atoms with Crippen LogP contribution < -0.4 is 0 Å². The standard InChI is InChI=1S/C17H19NO5/c1-9-4-11(3)12(5-10(9)2)13(19)18-7-16(14(20)21)6-17(16,8-18)15(22)23/h4-5H,6-8H2,1-3H3,(H,20,21)(H,22,23)/t16-,17+. The highest BCUT2D eigenvalue weighted by molar-refractivity contribution is 6.00. The van der Waals surface area contributed by atoms with Gasteiger partial charge in [0, 0.05) is 18.7 Å². The number of fused-ring (bicyclic) bond motifs is 1. The molecule has 1 saturated carbocycles. The van der Waals surface area contributed by atoms with Crippen molar-refractivity contribution in [2.24, 2.45) is 10.8 Å². The molecule has 1 saturated heterocycles. The first-order valence-corrected chi connectivity index (χ1v) is 7.48. The quantitative estimate of drug-likeness (QED) is 0.883. The second-order valence-corrected chi connectivity index (χ2v) is 6.86. The maximum Gasteiger partial charge on any atom is 0.312 e. The van der Waals surface area contributed by atoms with Gasteiger partial charge in [0.1, 0.15) is 10.8 Å². The number of carboxylic acid groups (broad SMARTS) is 2. The summed E-state index contributed by atoms with van der Waals surface area (Å²) in [5.74, 6) is -2.56. The average molecular weight is 317 g/mol. The van der Waals surface area contributed by atoms with Crippen LogP contribution in [0.25, 0.3) is 0 Å². The second kappa shape index (κ2) is 4.57. The minimum atomic E-state index is -1.33. The molecule has 2 N–H and O–H groups in total. The molecule has 23 heavy (non-hydrogen) atoms. The Bertz CT molecular complexity index is 728. The number of benzene rings is 1. The van der Waals surface area contributed by atoms with Gasteiger partial charge in [-0.3, -0.25) is 14.4 Å². The fourth-order valence-electron chi connectivity index (χ4n) is 3.79. The second-order valence-electron chi connectivity index (χ2n) is 6.86. The molecule has 0 spiro atoms. The first-order chi connectivity index (χ1) is 10.6. The van der Waals surface area contributed by atoms with Crippen molar-refractivity contribution in [1.82, 2.24) is 4.90 Å². The van der Waals surface area contributed by atoms with E-state index in [4.69, 9.17) is 0 Å². The predicted octanol–water partition coefficient (Wildman–Crippen LogP) is 1.61. The summed E-state index contributed by atoms with van der Waals surface area (Å²) in [5, 5.41) is 18.9. The molecule has 0 aromatic heterocycles. The lowest BCUT2D eigenvalue weighted by Crippen LogP contribution is -2.35. The van der Waals surface area contributed by atoms with Crippen LogP contribution in [0, 0.1) is 31.6 Å². The lowest BCUT2D eigenvalue weighted by Gasteiger charge is -2.21. The Morgan fingerprint density at radius 3 is 1.87 bits per heavy atom. The number of carbonyl (C=O) groups excluding carboxylic acids is 1. The number of amides is 1. The Hall–Kier alpha value is -2.37. The average Bonchev–Trinajstić information content (AvgIpc) is 3.01. The van der Waals surface area contributed by atoms with E-state index in [-0.39, 0.29) is 25.4 Å². The SMILES string of the molecule is Cc1cc(C)c(C(=O)N2C[C@@]3(C(=O)O)C[C@@]3(C(=O)O)C2)cc1C. The van der Waals surface area contributed by atoms with Crippen molar-refractivity contribution in [3.63, 3.8) is 0 Å². The van der Waals surface area contributed by atoms with E-state index >= 15 is 0 Å². The number of carbonyl (C=O) groups is 3. The fourth-order valence-corrected chi connectivity index (χ4v) is 3.79. The zero-order valence-corrected chi connectivity index (χ0v) is 13.3. The fraction of sp³-hybridized carbons (Fsp3) is 0.471. The van der Waals surface area contributed by atoms with Crippen LogP contribution in [0.1, 0.15) is 33.5 Å². The topological polar surface area (TPSA) is 94.9 Å². The van der Waals surface area contributed by atoms with E-state index < -0.39 is 22.8 Å². The summed E-state index contributed by atoms with van der Waals surface area (Å²) >= 11 is 0. The Labute approximate surface area is 133 Å². The Morgan fingerprint density at radius 1 is 0.913 bits per heavy atom. The van der Waals surface area contributed by atoms with E-state index in [2.05, 4.69) is 0 Å². The summed E-state index contributed by atoms with van der Waals surface area (Å²) in [6.07, 6.45) is 0.0976. The smallest absolute Gasteiger partial charge is 0.312 e. The van der Waals surface area contributed by atoms with Crippen LogP contribution in [0.3, 0.4) is 0 Å². The molecule has 1 heterocycles. The van der Waals surface area contributed by atoms with Crippen LogP contribution in [-0.2, 0) is 9.59 Å². The summed E-state index contributed by atoms with van der Waals surface area (Å²) in [6, 6.07) is 3.71. The minimum Gasteiger partial charge on any atom is -0.481 e. The van der Waals surface area contributed by atoms with Crippen LogP contribution >= 0.6 is 0 Å². The van der Waals surface area contributed by atoms with Crippen molar-refractivity contribution >= 4 is 17.8 Å². The Kier molecular flexibility index (Phi) is 3.08. The number of nitrogens with zero attached hydrogens (tertiary/aromatic N) is 1. The van der Waals surface area contributed by atoms with Gasteiger partial charge >= 0.3 is 11.9 Å². The van der Waals surface area contributed by atoms with Crippen molar-refractivity contribution in [3.8, 4) is 0 Å². The normalized spacial score (nSPS) is 28.4. The number of aliphatic carboxylic acids is 2. The lowest BCUT2D eigenvalue weighted by molar-refractivity contribution is -0.151. The first kappa shape index (κ1) is 15.5. The molecule has 3 rings (SSSR count). The molecule has 0 radical (unpaired) electrons. The molecule has 1 aliphatic carbocycles. The maximum absolute atomic E-state index is 12.8. The lowest BCUT2D eigenvalue weighted by atomic mass is 9.97. The molecule has 0 bridgehead atoms. The van der Waals surface area contributed by atoms with Crippen LogP contribution in [0.4, 0.5) is 0 Å². The summed E-state index contributed by atoms with van der Waals surface area (Å²) in [6.45, 7) is 5.61. The third kappa shape index (κ3) is 1.90. The van der Waals surface area contributed by atoms with E-state index in [0.29, 0.717) is 5.56 Å². The van der Waals surface area contributed by atoms with Crippen molar-refractivity contribution in [1.29, 1.82) is 0 Å². The molecule has 1 amide bonds. The van der Waals surface area contributed by atoms with Gasteiger partial charge in [-0.25, -0.2) is 0 Å². The molecule has 6 nitrogen and oxygen atoms in total. The number of aryl methyl sites for hydroxylation is 3. The molecule has 6 heteroatoms. The van der Waals surface area contributed by atoms with Gasteiger partial charge in [0.15, 0.2) is 0 Å². The molecule has 2 aliphatic rings. The summed E-state index contributed by atoms with van der Waals surface area (Å²) in [5.41, 5.74) is 0.712. The number of piperidine rings is 1. The maximum atomic E-state index is 12.8. The van der Waals surface area contributed by atoms with Gasteiger partial charge in [-0.05, 0) is 49.9 Å². The van der Waals surface area contributed by atoms with Crippen molar-refractivity contribution in [2.75, 3.05) is 13.1 Å². The molecule has 122 valence electrons. The van der Waals surface area contributed by atoms with E-state index in [1.807, 2.05) is 26.8 Å². The molecular formula is C17H19NO5. The van der Waals surface area contributed by atoms with Gasteiger partial charge in [0.2, 0.25) is 0 Å². The molecule has 0 unspecified atom stereocenters. The Balaban J connectivity index is 1.93. The van der Waals surface area contributed by atoms with E-state index in [1.54, 1.807) is 6.07 Å². The summed E-state index contributed by atoms with van der Waals surface area (Å²) < 4.78 is 0. The number of likely N-dealkylation sites (tertiary alicyclic amines) is 1. The number of carboxylic acids is 2. The summed E-state index contributed by atoms with van der Waals surface area (Å²) in [7, 11) is 0. The van der Waals surface area contributed by atoms with Crippen LogP contribution in [0.2, 0.25) is 0 Å². The zero-order valence-electron chi connectivity index (χ0n) is 13.3. The van der Waals surface area contributed by atoms with Crippen LogP contribution in [0.15, 0.2) is 12.1 Å². The minimum absolute atomic E-state index is 0.0418. The van der Waals surface area contributed by atoms with Crippen molar-refractivity contribution in [3.05, 3.63) is 34.4 Å². The molecule has 1 aliphatic heterocycles. The van der Waals surface area contributed by atoms with Crippen LogP contribution in [0.5, 0.6) is 0 Å². The monoisotopic (exact) mass is 317 g/mol. The Morgan fingerprint density at radius 2 is 1.39 bits per heavy atom. The summed E-state index contributed by atoms with van der Waals surface area (Å²) in [4.78, 5) is 37.2. The first-order valence-electron chi connectivity index (χ1n) is 7.48. The highest BCUT2D eigenvalue weighted by Crippen LogP contribution is 2.68. The van der Waals surface area contributed by atoms with Gasteiger partial charge in [0.05, 0.1) is 0 Å². The number of hydrogen-bond acceptors (Lipinski definition) is 3. The molecule has 2 atom stereocenters. The molecule has 1 aromatic carbocycles. The van der Waals surface area contributed by atoms with Gasteiger partial charge in [-0.2, -0.15) is 0 Å². The highest BCUT2D eigenvalue weighted by atomic mass is 16.4. The van der Waals surface area contributed by atoms with Crippen molar-refractivity contribution < 1.29 is 24.6 Å². The van der Waals surface area contributed by atoms with Gasteiger partial charge in [0.25, 0.3) is 5.91 Å². The molecule has 1 aromatic rings. The largest absolute Gasteiger partial charge is 0.481 e. The van der Waals surface area contributed by atoms with Crippen molar-refractivity contribution in [2.45, 2.75) is 27.2 Å². The third-order valence-electron chi connectivity index (χ3n) is 5.49. The zero-order chi connectivity index (χ0) is 17.2. The van der Waals surface area contributed by atoms with Gasteiger partial charge < -0.3 is 15.1 Å². The number of hydrogen-bond donors (Lipinski definition) is 2. The molecule has 2 fully saturated rings. The van der Waals surface area contributed by atoms with Crippen LogP contribution in [-0.4, -0.2) is 46.0 Å². The highest BCUT2D eigenvalue weighted by Gasteiger charge is 2.81. The number of rotatable bonds is 3. The van der Waals surface area contributed by atoms with E-state index in [9.17, 15) is 24.6 Å². The van der Waals surface area contributed by atoms with Gasteiger partial charge in [-0.1, -0.05) is 6.07 Å². The predicted molar refractivity (Wildman–Crippen MR) is 81.3 cm³/mol. The van der Waals surface area contributed by atoms with E-state index in [0.717, 1.165) is 16.7 Å². The third-order valence-corrected chi connectivity index (χ3v) is 5.49. The van der Waals surface area contributed by atoms with E-state index in [1.165, 1.54) is 4.90 Å². The molecular weight excluding hydrogens is 298 g/mol.